The van der Waals surface area contributed by atoms with Crippen LogP contribution in [0.15, 0.2) is 145 Å². The average Bonchev–Trinajstić information content (AvgIpc) is 3.97. The van der Waals surface area contributed by atoms with E-state index in [1.807, 2.05) is 24.3 Å². The molecule has 0 saturated heterocycles. The molecule has 275 valence electrons. The molecule has 0 unspecified atom stereocenters. The smallest absolute Gasteiger partial charge is 0.189 e. The Balaban J connectivity index is 0.000000529. The van der Waals surface area contributed by atoms with Crippen LogP contribution in [0.1, 0.15) is 29.5 Å². The summed E-state index contributed by atoms with van der Waals surface area (Å²) in [5, 5.41) is 11.9. The van der Waals surface area contributed by atoms with E-state index in [-0.39, 0.29) is 63.7 Å². The fourth-order valence-electron chi connectivity index (χ4n) is 4.90. The molecule has 3 radical (unpaired) electrons. The number of ether oxygens (including phenoxy) is 1. The van der Waals surface area contributed by atoms with Gasteiger partial charge in [-0.1, -0.05) is 107 Å². The van der Waals surface area contributed by atoms with Crippen LogP contribution in [0.3, 0.4) is 0 Å². The van der Waals surface area contributed by atoms with Gasteiger partial charge in [0.2, 0.25) is 0 Å². The third kappa shape index (κ3) is 12.0. The molecule has 2 nitrogen and oxygen atoms in total. The molecule has 11 heteroatoms. The fraction of sp³-hybridized carbons (Fsp3) is 0.0455. The number of rotatable bonds is 6. The summed E-state index contributed by atoms with van der Waals surface area (Å²) in [7, 11) is 0. The van der Waals surface area contributed by atoms with Crippen LogP contribution in [0.4, 0.5) is 17.6 Å². The van der Waals surface area contributed by atoms with Crippen LogP contribution in [-0.2, 0) is 26.2 Å². The molecular formula is C44H26Cl4F4O2Zr-. The number of allylic oxidation sites excluding steroid dienone is 14. The minimum Gasteiger partial charge on any atom is -0.869 e. The SMILES string of the molecule is [C]1=CC=CC1.[C]1=CC=CC1.[O-]c1c(Cl)c(Cl)c(Cl)c(Cl)c1O/C(=C(\C(=C=C1C=C[C](F)C=C1)c1ccc(F)cc1)c1ccc(F)cc1)c1ccc(F)cc1.[Zr]. The van der Waals surface area contributed by atoms with Crippen molar-refractivity contribution in [2.45, 2.75) is 12.8 Å². The first kappa shape index (κ1) is 43.7. The predicted molar refractivity (Wildman–Crippen MR) is 209 cm³/mol. The molecule has 0 spiro atoms. The largest absolute Gasteiger partial charge is 0.869 e. The van der Waals surface area contributed by atoms with Gasteiger partial charge in [0.15, 0.2) is 6.17 Å². The van der Waals surface area contributed by atoms with Crippen molar-refractivity contribution < 1.29 is 53.6 Å². The third-order valence-electron chi connectivity index (χ3n) is 7.52. The number of hydrogen-bond acceptors (Lipinski definition) is 2. The molecule has 0 aliphatic heterocycles. The van der Waals surface area contributed by atoms with Crippen molar-refractivity contribution in [1.29, 1.82) is 0 Å². The Bertz CT molecular complexity index is 2180. The zero-order valence-corrected chi connectivity index (χ0v) is 33.9. The molecular weight excluding hydrogens is 870 g/mol. The van der Waals surface area contributed by atoms with E-state index in [2.05, 4.69) is 30.0 Å². The first-order valence-corrected chi connectivity index (χ1v) is 17.6. The molecule has 0 fully saturated rings. The van der Waals surface area contributed by atoms with Gasteiger partial charge in [0, 0.05) is 48.5 Å². The zero-order chi connectivity index (χ0) is 38.6. The first-order chi connectivity index (χ1) is 26.0. The molecule has 7 rings (SSSR count). The molecule has 0 atom stereocenters. The van der Waals surface area contributed by atoms with E-state index in [1.54, 1.807) is 0 Å². The second-order valence-corrected chi connectivity index (χ2v) is 12.8. The van der Waals surface area contributed by atoms with E-state index in [9.17, 15) is 22.7 Å². The van der Waals surface area contributed by atoms with Crippen LogP contribution in [0.25, 0.3) is 16.9 Å². The molecule has 0 bridgehead atoms. The number of hydrogen-bond donors (Lipinski definition) is 0. The van der Waals surface area contributed by atoms with Crippen LogP contribution >= 0.6 is 46.4 Å². The number of halogens is 8. The van der Waals surface area contributed by atoms with Gasteiger partial charge in [0.05, 0.1) is 15.1 Å². The van der Waals surface area contributed by atoms with Gasteiger partial charge in [-0.05, 0) is 115 Å². The second kappa shape index (κ2) is 21.3. The van der Waals surface area contributed by atoms with Crippen LogP contribution in [0.5, 0.6) is 11.5 Å². The number of benzene rings is 4. The van der Waals surface area contributed by atoms with Gasteiger partial charge < -0.3 is 9.84 Å². The van der Waals surface area contributed by atoms with E-state index >= 15 is 0 Å². The Morgan fingerprint density at radius 1 is 0.600 bits per heavy atom. The Hall–Kier alpha value is -4.06. The Morgan fingerprint density at radius 3 is 1.49 bits per heavy atom. The summed E-state index contributed by atoms with van der Waals surface area (Å²) in [4.78, 5) is 0. The summed E-state index contributed by atoms with van der Waals surface area (Å²) in [5.41, 5.74) is 5.02. The van der Waals surface area contributed by atoms with Gasteiger partial charge in [-0.25, -0.2) is 17.6 Å². The Morgan fingerprint density at radius 2 is 1.05 bits per heavy atom. The second-order valence-electron chi connectivity index (χ2n) is 11.3. The summed E-state index contributed by atoms with van der Waals surface area (Å²) in [5.74, 6) is -3.11. The maximum absolute atomic E-state index is 14.2. The summed E-state index contributed by atoms with van der Waals surface area (Å²) in [6.07, 6.45) is 24.9. The van der Waals surface area contributed by atoms with Crippen molar-refractivity contribution in [2.24, 2.45) is 0 Å². The van der Waals surface area contributed by atoms with Crippen LogP contribution in [0.2, 0.25) is 20.1 Å². The minimum atomic E-state index is -0.890. The topological polar surface area (TPSA) is 32.3 Å². The Labute approximate surface area is 356 Å². The molecule has 0 amide bonds. The maximum Gasteiger partial charge on any atom is 0.189 e. The molecule has 3 aliphatic carbocycles. The fourth-order valence-corrected chi connectivity index (χ4v) is 5.76. The maximum atomic E-state index is 14.2. The minimum absolute atomic E-state index is 0. The third-order valence-corrected chi connectivity index (χ3v) is 9.29. The average molecular weight is 896 g/mol. The van der Waals surface area contributed by atoms with Crippen molar-refractivity contribution >= 4 is 63.3 Å². The molecule has 0 N–H and O–H groups in total. The summed E-state index contributed by atoms with van der Waals surface area (Å²) in [6.45, 7) is 0. The summed E-state index contributed by atoms with van der Waals surface area (Å²) >= 11 is 24.9. The standard InChI is InChI=1S/C34H17Cl4F4O2.2C5H5.Zr/c35-28-29(36)31(38)34(32(43)30(28)37)44-33(21-7-15-25(42)16-8-21)27(20-5-13-24(41)14-6-20)26(19-3-11-23(40)12-4-19)17-18-1-9-22(39)10-2-18;2*1-2-4-5-3-1;/h1-16,43H;2*1-3H,4H2;/p-1/b33-27-;;;. The van der Waals surface area contributed by atoms with Crippen molar-refractivity contribution in [2.75, 3.05) is 0 Å². The molecule has 4 aromatic rings. The van der Waals surface area contributed by atoms with E-state index in [0.29, 0.717) is 16.7 Å². The van der Waals surface area contributed by atoms with Crippen molar-refractivity contribution in [1.82, 2.24) is 0 Å². The van der Waals surface area contributed by atoms with Crippen molar-refractivity contribution in [3.8, 4) is 11.5 Å². The molecule has 55 heavy (non-hydrogen) atoms. The van der Waals surface area contributed by atoms with Crippen LogP contribution in [0, 0.1) is 35.8 Å². The van der Waals surface area contributed by atoms with Crippen LogP contribution in [-0.4, -0.2) is 0 Å². The van der Waals surface area contributed by atoms with Crippen molar-refractivity contribution in [3.05, 3.63) is 217 Å². The van der Waals surface area contributed by atoms with Gasteiger partial charge in [-0.2, -0.15) is 0 Å². The van der Waals surface area contributed by atoms with E-state index in [4.69, 9.17) is 51.1 Å². The summed E-state index contributed by atoms with van der Waals surface area (Å²) < 4.78 is 62.4. The predicted octanol–water partition coefficient (Wildman–Crippen LogP) is 13.6. The van der Waals surface area contributed by atoms with Gasteiger partial charge in [0.25, 0.3) is 0 Å². The molecule has 0 saturated carbocycles. The normalized spacial score (nSPS) is 14.0. The van der Waals surface area contributed by atoms with Gasteiger partial charge in [-0.15, -0.1) is 5.73 Å². The van der Waals surface area contributed by atoms with Gasteiger partial charge >= 0.3 is 0 Å². The monoisotopic (exact) mass is 892 g/mol. The quantitative estimate of drug-likeness (QED) is 0.0367. The first-order valence-electron chi connectivity index (χ1n) is 16.1. The zero-order valence-electron chi connectivity index (χ0n) is 28.5. The Kier molecular flexibility index (Phi) is 16.9. The van der Waals surface area contributed by atoms with E-state index in [1.165, 1.54) is 85.0 Å². The molecule has 0 aromatic heterocycles. The van der Waals surface area contributed by atoms with Gasteiger partial charge in [-0.3, -0.25) is 0 Å². The van der Waals surface area contributed by atoms with E-state index < -0.39 is 40.1 Å². The molecule has 0 heterocycles. The summed E-state index contributed by atoms with van der Waals surface area (Å²) in [6, 6.07) is 15.7. The molecule has 3 aliphatic rings. The van der Waals surface area contributed by atoms with Gasteiger partial charge in [0.1, 0.15) is 34.0 Å². The molecule has 4 aromatic carbocycles. The van der Waals surface area contributed by atoms with E-state index in [0.717, 1.165) is 25.0 Å². The van der Waals surface area contributed by atoms with Crippen LogP contribution < -0.4 is 9.84 Å². The van der Waals surface area contributed by atoms with Crippen molar-refractivity contribution in [3.63, 3.8) is 0 Å².